The highest BCUT2D eigenvalue weighted by Crippen LogP contribution is 2.31. The van der Waals surface area contributed by atoms with Crippen molar-refractivity contribution in [2.24, 2.45) is 0 Å². The Labute approximate surface area is 133 Å². The average Bonchev–Trinajstić information content (AvgIpc) is 2.76. The summed E-state index contributed by atoms with van der Waals surface area (Å²) >= 11 is 11.9. The number of halogens is 3. The summed E-state index contributed by atoms with van der Waals surface area (Å²) in [4.78, 5) is 0. The van der Waals surface area contributed by atoms with Crippen molar-refractivity contribution in [2.45, 2.75) is 13.0 Å². The Balaban J connectivity index is 2.41. The third-order valence-electron chi connectivity index (χ3n) is 2.59. The molecule has 1 unspecified atom stereocenters. The van der Waals surface area contributed by atoms with Crippen LogP contribution < -0.4 is 5.32 Å². The maximum Gasteiger partial charge on any atom is 0.139 e. The summed E-state index contributed by atoms with van der Waals surface area (Å²) in [5, 5.41) is 4.17. The van der Waals surface area contributed by atoms with Crippen LogP contribution in [-0.2, 0) is 0 Å². The maximum absolute atomic E-state index is 6.18. The highest BCUT2D eigenvalue weighted by molar-refractivity contribution is 14.1. The minimum atomic E-state index is 0.00822. The van der Waals surface area contributed by atoms with E-state index in [9.17, 15) is 0 Å². The molecule has 5 heteroatoms. The number of hydrogen-bond acceptors (Lipinski definition) is 2. The predicted octanol–water partition coefficient (Wildman–Crippen LogP) is 5.00. The zero-order valence-corrected chi connectivity index (χ0v) is 14.2. The highest BCUT2D eigenvalue weighted by atomic mass is 127. The van der Waals surface area contributed by atoms with Crippen LogP contribution in [0, 0.1) is 3.57 Å². The van der Waals surface area contributed by atoms with Crippen molar-refractivity contribution >= 4 is 50.1 Å². The molecule has 18 heavy (non-hydrogen) atoms. The van der Waals surface area contributed by atoms with Gasteiger partial charge < -0.3 is 9.73 Å². The second kappa shape index (κ2) is 6.41. The van der Waals surface area contributed by atoms with Gasteiger partial charge in [-0.3, -0.25) is 0 Å². The van der Waals surface area contributed by atoms with E-state index in [0.717, 1.165) is 30.9 Å². The maximum atomic E-state index is 6.18. The van der Waals surface area contributed by atoms with Crippen LogP contribution in [-0.4, -0.2) is 6.54 Å². The number of nitrogens with one attached hydrogen (secondary N) is 1. The van der Waals surface area contributed by atoms with E-state index in [1.165, 1.54) is 0 Å². The molecule has 0 saturated carbocycles. The average molecular weight is 441 g/mol. The van der Waals surface area contributed by atoms with Gasteiger partial charge in [0.25, 0.3) is 0 Å². The molecule has 2 aromatic rings. The fourth-order valence-corrected chi connectivity index (χ4v) is 2.72. The minimum Gasteiger partial charge on any atom is -0.466 e. The van der Waals surface area contributed by atoms with Crippen molar-refractivity contribution in [1.29, 1.82) is 0 Å². The summed E-state index contributed by atoms with van der Waals surface area (Å²) in [6, 6.07) is 7.96. The van der Waals surface area contributed by atoms with Crippen molar-refractivity contribution in [3.63, 3.8) is 0 Å². The first-order valence-electron chi connectivity index (χ1n) is 5.54. The lowest BCUT2D eigenvalue weighted by atomic mass is 10.0. The molecule has 0 aliphatic carbocycles. The molecular formula is C13H12BrClINO. The van der Waals surface area contributed by atoms with Gasteiger partial charge in [0, 0.05) is 3.57 Å². The lowest BCUT2D eigenvalue weighted by Gasteiger charge is -2.17. The van der Waals surface area contributed by atoms with Crippen LogP contribution in [0.4, 0.5) is 0 Å². The van der Waals surface area contributed by atoms with Gasteiger partial charge >= 0.3 is 0 Å². The normalized spacial score (nSPS) is 12.7. The molecule has 0 amide bonds. The first-order chi connectivity index (χ1) is 8.63. The smallest absolute Gasteiger partial charge is 0.139 e. The molecule has 0 radical (unpaired) electrons. The fourth-order valence-electron chi connectivity index (χ4n) is 1.77. The van der Waals surface area contributed by atoms with Crippen LogP contribution in [0.25, 0.3) is 0 Å². The molecule has 0 bridgehead atoms. The van der Waals surface area contributed by atoms with Gasteiger partial charge in [0.2, 0.25) is 0 Å². The van der Waals surface area contributed by atoms with Gasteiger partial charge in [-0.05, 0) is 68.8 Å². The third kappa shape index (κ3) is 3.10. The van der Waals surface area contributed by atoms with Crippen LogP contribution in [0.15, 0.2) is 39.4 Å². The highest BCUT2D eigenvalue weighted by Gasteiger charge is 2.19. The van der Waals surface area contributed by atoms with E-state index in [4.69, 9.17) is 16.0 Å². The van der Waals surface area contributed by atoms with E-state index < -0.39 is 0 Å². The summed E-state index contributed by atoms with van der Waals surface area (Å²) in [6.07, 6.45) is 1.68. The Bertz CT molecular complexity index is 544. The molecule has 2 nitrogen and oxygen atoms in total. The molecule has 1 N–H and O–H groups in total. The van der Waals surface area contributed by atoms with Gasteiger partial charge in [0.1, 0.15) is 5.76 Å². The van der Waals surface area contributed by atoms with Crippen molar-refractivity contribution in [2.75, 3.05) is 6.54 Å². The zero-order chi connectivity index (χ0) is 13.1. The van der Waals surface area contributed by atoms with Crippen molar-refractivity contribution in [3.05, 3.63) is 54.9 Å². The van der Waals surface area contributed by atoms with Gasteiger partial charge in [-0.2, -0.15) is 0 Å². The summed E-state index contributed by atoms with van der Waals surface area (Å²) in [5.74, 6) is 0.870. The lowest BCUT2D eigenvalue weighted by molar-refractivity contribution is 0.450. The number of rotatable bonds is 4. The molecule has 1 heterocycles. The Morgan fingerprint density at radius 2 is 2.22 bits per heavy atom. The third-order valence-corrected chi connectivity index (χ3v) is 4.82. The van der Waals surface area contributed by atoms with Crippen molar-refractivity contribution in [3.8, 4) is 0 Å². The van der Waals surface area contributed by atoms with Crippen LogP contribution in [0.1, 0.15) is 24.3 Å². The molecular weight excluding hydrogens is 428 g/mol. The first kappa shape index (κ1) is 14.4. The van der Waals surface area contributed by atoms with Gasteiger partial charge in [-0.25, -0.2) is 0 Å². The SMILES string of the molecule is CCNC(c1ccc(I)c(Cl)c1)c1occc1Br. The molecule has 0 fully saturated rings. The summed E-state index contributed by atoms with van der Waals surface area (Å²) in [7, 11) is 0. The topological polar surface area (TPSA) is 25.2 Å². The summed E-state index contributed by atoms with van der Waals surface area (Å²) in [6.45, 7) is 2.92. The minimum absolute atomic E-state index is 0.00822. The second-order valence-corrected chi connectivity index (χ2v) is 6.22. The Kier molecular flexibility index (Phi) is 5.12. The lowest BCUT2D eigenvalue weighted by Crippen LogP contribution is -2.21. The van der Waals surface area contributed by atoms with Crippen LogP contribution in [0.2, 0.25) is 5.02 Å². The monoisotopic (exact) mass is 439 g/mol. The van der Waals surface area contributed by atoms with Crippen LogP contribution in [0.5, 0.6) is 0 Å². The van der Waals surface area contributed by atoms with Gasteiger partial charge in [-0.1, -0.05) is 24.6 Å². The summed E-state index contributed by atoms with van der Waals surface area (Å²) < 4.78 is 7.56. The van der Waals surface area contributed by atoms with E-state index >= 15 is 0 Å². The number of furan rings is 1. The Morgan fingerprint density at radius 1 is 1.44 bits per heavy atom. The number of hydrogen-bond donors (Lipinski definition) is 1. The van der Waals surface area contributed by atoms with Gasteiger partial charge in [0.15, 0.2) is 0 Å². The number of benzene rings is 1. The predicted molar refractivity (Wildman–Crippen MR) is 86.1 cm³/mol. The van der Waals surface area contributed by atoms with Crippen molar-refractivity contribution in [1.82, 2.24) is 5.32 Å². The van der Waals surface area contributed by atoms with Crippen LogP contribution in [0.3, 0.4) is 0 Å². The second-order valence-electron chi connectivity index (χ2n) is 3.80. The molecule has 96 valence electrons. The van der Waals surface area contributed by atoms with E-state index in [1.54, 1.807) is 6.26 Å². The first-order valence-corrected chi connectivity index (χ1v) is 7.79. The van der Waals surface area contributed by atoms with E-state index in [-0.39, 0.29) is 6.04 Å². The molecule has 1 aromatic heterocycles. The molecule has 1 aromatic carbocycles. The van der Waals surface area contributed by atoms with Gasteiger partial charge in [0.05, 0.1) is 21.8 Å². The van der Waals surface area contributed by atoms with E-state index in [1.807, 2.05) is 18.2 Å². The largest absolute Gasteiger partial charge is 0.466 e. The van der Waals surface area contributed by atoms with E-state index in [2.05, 4.69) is 56.8 Å². The van der Waals surface area contributed by atoms with Crippen LogP contribution >= 0.6 is 50.1 Å². The molecule has 1 atom stereocenters. The molecule has 0 aliphatic rings. The Morgan fingerprint density at radius 3 is 2.78 bits per heavy atom. The van der Waals surface area contributed by atoms with Gasteiger partial charge in [-0.15, -0.1) is 0 Å². The quantitative estimate of drug-likeness (QED) is 0.677. The molecule has 0 saturated heterocycles. The zero-order valence-electron chi connectivity index (χ0n) is 9.71. The van der Waals surface area contributed by atoms with E-state index in [0.29, 0.717) is 0 Å². The summed E-state index contributed by atoms with van der Waals surface area (Å²) in [5.41, 5.74) is 1.10. The molecule has 0 aliphatic heterocycles. The fraction of sp³-hybridized carbons (Fsp3) is 0.231. The van der Waals surface area contributed by atoms with Crippen molar-refractivity contribution < 1.29 is 4.42 Å². The molecule has 0 spiro atoms. The molecule has 2 rings (SSSR count). The standard InChI is InChI=1S/C13H12BrClINO/c1-2-17-12(13-9(14)5-6-18-13)8-3-4-11(16)10(15)7-8/h3-7,12,17H,2H2,1H3. The Hall–Kier alpha value is -0.0400.